The van der Waals surface area contributed by atoms with Crippen LogP contribution in [0.2, 0.25) is 0 Å². The number of nitriles is 1. The molecule has 1 fully saturated rings. The van der Waals surface area contributed by atoms with Crippen LogP contribution in [-0.2, 0) is 6.42 Å². The molecule has 1 N–H and O–H groups in total. The fourth-order valence-electron chi connectivity index (χ4n) is 2.57. The molecule has 0 unspecified atom stereocenters. The maximum atomic E-state index is 9.32. The van der Waals surface area contributed by atoms with Gasteiger partial charge in [0.15, 0.2) is 0 Å². The third kappa shape index (κ3) is 1.84. The zero-order valence-corrected chi connectivity index (χ0v) is 9.06. The highest BCUT2D eigenvalue weighted by molar-refractivity contribution is 5.09. The van der Waals surface area contributed by atoms with Gasteiger partial charge >= 0.3 is 0 Å². The van der Waals surface area contributed by atoms with Crippen LogP contribution in [0.5, 0.6) is 0 Å². The fraction of sp³-hybridized carbons (Fsp3) is 0.800. The fourth-order valence-corrected chi connectivity index (χ4v) is 2.57. The number of H-pyrrole nitrogens is 1. The number of nitrogens with zero attached hydrogens (tertiary/aromatic N) is 4. The Bertz CT molecular complexity index is 354. The van der Waals surface area contributed by atoms with Crippen LogP contribution in [0.15, 0.2) is 0 Å². The van der Waals surface area contributed by atoms with Gasteiger partial charge in [-0.2, -0.15) is 5.26 Å². The quantitative estimate of drug-likeness (QED) is 0.789. The summed E-state index contributed by atoms with van der Waals surface area (Å²) in [6.07, 6.45) is 2.54. The molecule has 1 aliphatic rings. The standard InChI is InChI=1S/C10H15N5/c1-7-3-10(6-11,4-8(7)2)5-9-12-14-15-13-9/h7-8H,3-5H2,1-2H3,(H,12,13,14,15)/t7-,8-/m0/s1. The van der Waals surface area contributed by atoms with Crippen LogP contribution in [0.4, 0.5) is 0 Å². The van der Waals surface area contributed by atoms with Crippen molar-refractivity contribution in [3.8, 4) is 6.07 Å². The summed E-state index contributed by atoms with van der Waals surface area (Å²) >= 11 is 0. The summed E-state index contributed by atoms with van der Waals surface area (Å²) in [5, 5.41) is 23.0. The molecular formula is C10H15N5. The maximum Gasteiger partial charge on any atom is 0.150 e. The average Bonchev–Trinajstić information content (AvgIpc) is 2.78. The SMILES string of the molecule is C[C@H]1CC(C#N)(Cc2nnn[nH]2)C[C@@H]1C. The molecule has 1 heterocycles. The first-order valence-electron chi connectivity index (χ1n) is 5.29. The van der Waals surface area contributed by atoms with Gasteiger partial charge < -0.3 is 0 Å². The Hall–Kier alpha value is -1.44. The minimum atomic E-state index is -0.264. The normalized spacial score (nSPS) is 28.9. The van der Waals surface area contributed by atoms with E-state index in [0.717, 1.165) is 18.7 Å². The molecule has 1 saturated carbocycles. The third-order valence-corrected chi connectivity index (χ3v) is 3.53. The Kier molecular flexibility index (Phi) is 2.43. The Balaban J connectivity index is 2.15. The van der Waals surface area contributed by atoms with E-state index in [1.54, 1.807) is 0 Å². The lowest BCUT2D eigenvalue weighted by Crippen LogP contribution is -2.19. The minimum absolute atomic E-state index is 0.264. The first-order valence-corrected chi connectivity index (χ1v) is 5.29. The predicted octanol–water partition coefficient (Wildman–Crippen LogP) is 1.32. The molecule has 0 aromatic carbocycles. The summed E-state index contributed by atoms with van der Waals surface area (Å²) in [6.45, 7) is 4.42. The van der Waals surface area contributed by atoms with Crippen LogP contribution in [0.3, 0.4) is 0 Å². The van der Waals surface area contributed by atoms with Gasteiger partial charge in [-0.1, -0.05) is 13.8 Å². The van der Waals surface area contributed by atoms with E-state index < -0.39 is 0 Å². The summed E-state index contributed by atoms with van der Waals surface area (Å²) in [6, 6.07) is 2.46. The monoisotopic (exact) mass is 205 g/mol. The molecule has 1 aromatic rings. The zero-order chi connectivity index (χ0) is 10.9. The molecule has 0 radical (unpaired) electrons. The Morgan fingerprint density at radius 3 is 2.60 bits per heavy atom. The first-order chi connectivity index (χ1) is 7.15. The largest absolute Gasteiger partial charge is 0.243 e. The lowest BCUT2D eigenvalue weighted by atomic mass is 9.83. The molecule has 15 heavy (non-hydrogen) atoms. The molecule has 0 spiro atoms. The number of rotatable bonds is 2. The molecule has 80 valence electrons. The van der Waals surface area contributed by atoms with Gasteiger partial charge in [0.05, 0.1) is 11.5 Å². The highest BCUT2D eigenvalue weighted by atomic mass is 15.5. The molecule has 5 heteroatoms. The van der Waals surface area contributed by atoms with Crippen molar-refractivity contribution in [3.63, 3.8) is 0 Å². The highest BCUT2D eigenvalue weighted by Gasteiger charge is 2.42. The van der Waals surface area contributed by atoms with Crippen molar-refractivity contribution in [1.29, 1.82) is 5.26 Å². The molecule has 0 aliphatic heterocycles. The molecule has 0 saturated heterocycles. The first kappa shape index (κ1) is 10.1. The Labute approximate surface area is 88.9 Å². The molecule has 5 nitrogen and oxygen atoms in total. The van der Waals surface area contributed by atoms with Gasteiger partial charge in [0.25, 0.3) is 0 Å². The number of hydrogen-bond donors (Lipinski definition) is 1. The Morgan fingerprint density at radius 1 is 1.47 bits per heavy atom. The Morgan fingerprint density at radius 2 is 2.13 bits per heavy atom. The van der Waals surface area contributed by atoms with Crippen LogP contribution in [-0.4, -0.2) is 20.6 Å². The van der Waals surface area contributed by atoms with E-state index in [1.807, 2.05) is 0 Å². The summed E-state index contributed by atoms with van der Waals surface area (Å²) in [7, 11) is 0. The van der Waals surface area contributed by atoms with Crippen molar-refractivity contribution in [2.45, 2.75) is 33.1 Å². The van der Waals surface area contributed by atoms with Crippen molar-refractivity contribution >= 4 is 0 Å². The van der Waals surface area contributed by atoms with Gasteiger partial charge in [0, 0.05) is 6.42 Å². The summed E-state index contributed by atoms with van der Waals surface area (Å²) in [5.41, 5.74) is -0.264. The van der Waals surface area contributed by atoms with Gasteiger partial charge in [-0.25, -0.2) is 5.10 Å². The minimum Gasteiger partial charge on any atom is -0.243 e. The van der Waals surface area contributed by atoms with E-state index in [-0.39, 0.29) is 5.41 Å². The molecule has 0 amide bonds. The smallest absolute Gasteiger partial charge is 0.150 e. The third-order valence-electron chi connectivity index (χ3n) is 3.53. The number of aromatic nitrogens is 4. The van der Waals surface area contributed by atoms with Gasteiger partial charge in [-0.05, 0) is 35.1 Å². The van der Waals surface area contributed by atoms with E-state index in [0.29, 0.717) is 18.3 Å². The topological polar surface area (TPSA) is 78.2 Å². The average molecular weight is 205 g/mol. The second kappa shape index (κ2) is 3.61. The summed E-state index contributed by atoms with van der Waals surface area (Å²) < 4.78 is 0. The second-order valence-corrected chi connectivity index (χ2v) is 4.78. The van der Waals surface area contributed by atoms with Gasteiger partial charge in [-0.15, -0.1) is 5.10 Å². The summed E-state index contributed by atoms with van der Waals surface area (Å²) in [5.74, 6) is 1.94. The summed E-state index contributed by atoms with van der Waals surface area (Å²) in [4.78, 5) is 0. The van der Waals surface area contributed by atoms with Crippen molar-refractivity contribution in [3.05, 3.63) is 5.82 Å². The van der Waals surface area contributed by atoms with E-state index in [9.17, 15) is 5.26 Å². The van der Waals surface area contributed by atoms with Gasteiger partial charge in [0.1, 0.15) is 5.82 Å². The zero-order valence-electron chi connectivity index (χ0n) is 9.06. The maximum absolute atomic E-state index is 9.32. The molecular weight excluding hydrogens is 190 g/mol. The van der Waals surface area contributed by atoms with Crippen LogP contribution in [0.1, 0.15) is 32.5 Å². The lowest BCUT2D eigenvalue weighted by molar-refractivity contribution is 0.379. The molecule has 1 aromatic heterocycles. The van der Waals surface area contributed by atoms with Crippen molar-refractivity contribution in [1.82, 2.24) is 20.6 Å². The van der Waals surface area contributed by atoms with Crippen LogP contribution in [0.25, 0.3) is 0 Å². The van der Waals surface area contributed by atoms with Crippen molar-refractivity contribution in [2.24, 2.45) is 17.3 Å². The number of hydrogen-bond acceptors (Lipinski definition) is 4. The van der Waals surface area contributed by atoms with Crippen molar-refractivity contribution in [2.75, 3.05) is 0 Å². The molecule has 0 bridgehead atoms. The second-order valence-electron chi connectivity index (χ2n) is 4.78. The van der Waals surface area contributed by atoms with E-state index in [2.05, 4.69) is 40.5 Å². The predicted molar refractivity (Wildman–Crippen MR) is 53.5 cm³/mol. The number of tetrazole rings is 1. The van der Waals surface area contributed by atoms with Crippen molar-refractivity contribution < 1.29 is 0 Å². The van der Waals surface area contributed by atoms with E-state index >= 15 is 0 Å². The highest BCUT2D eigenvalue weighted by Crippen LogP contribution is 2.46. The number of aromatic amines is 1. The number of nitrogens with one attached hydrogen (secondary N) is 1. The lowest BCUT2D eigenvalue weighted by Gasteiger charge is -2.18. The van der Waals surface area contributed by atoms with Gasteiger partial charge in [-0.3, -0.25) is 0 Å². The molecule has 1 aliphatic carbocycles. The molecule has 2 atom stereocenters. The van der Waals surface area contributed by atoms with E-state index in [1.165, 1.54) is 0 Å². The van der Waals surface area contributed by atoms with Crippen LogP contribution >= 0.6 is 0 Å². The van der Waals surface area contributed by atoms with E-state index in [4.69, 9.17) is 0 Å². The molecule has 2 rings (SSSR count). The van der Waals surface area contributed by atoms with Crippen LogP contribution in [0, 0.1) is 28.6 Å². The van der Waals surface area contributed by atoms with Gasteiger partial charge in [0.2, 0.25) is 0 Å². The van der Waals surface area contributed by atoms with Crippen LogP contribution < -0.4 is 0 Å².